The van der Waals surface area contributed by atoms with Gasteiger partial charge in [-0.2, -0.15) is 0 Å². The third kappa shape index (κ3) is 2.54. The standard InChI is InChI=1S/C15H18N2O3/c18-14(8-16-7-10-5-6-10)17-9-12(15(19)20)11-3-1-2-4-13(11)17/h1-4,10,12,16H,5-9H2,(H,19,20). The van der Waals surface area contributed by atoms with Crippen molar-refractivity contribution in [2.24, 2.45) is 5.92 Å². The van der Waals surface area contributed by atoms with Crippen molar-refractivity contribution in [3.8, 4) is 0 Å². The lowest BCUT2D eigenvalue weighted by molar-refractivity contribution is -0.138. The second-order valence-electron chi connectivity index (χ2n) is 5.53. The number of hydrogen-bond acceptors (Lipinski definition) is 3. The number of amides is 1. The quantitative estimate of drug-likeness (QED) is 0.846. The number of nitrogens with zero attached hydrogens (tertiary/aromatic N) is 1. The molecule has 1 heterocycles. The van der Waals surface area contributed by atoms with Gasteiger partial charge in [0.25, 0.3) is 0 Å². The highest BCUT2D eigenvalue weighted by molar-refractivity contribution is 5.99. The molecule has 1 amide bonds. The second kappa shape index (κ2) is 5.25. The maximum Gasteiger partial charge on any atom is 0.312 e. The molecule has 0 saturated heterocycles. The van der Waals surface area contributed by atoms with E-state index < -0.39 is 11.9 Å². The Balaban J connectivity index is 1.70. The smallest absolute Gasteiger partial charge is 0.312 e. The van der Waals surface area contributed by atoms with Crippen molar-refractivity contribution >= 4 is 17.6 Å². The zero-order valence-corrected chi connectivity index (χ0v) is 11.2. The summed E-state index contributed by atoms with van der Waals surface area (Å²) in [7, 11) is 0. The largest absolute Gasteiger partial charge is 0.481 e. The van der Waals surface area contributed by atoms with E-state index in [2.05, 4.69) is 5.32 Å². The number of carbonyl (C=O) groups is 2. The van der Waals surface area contributed by atoms with Crippen LogP contribution < -0.4 is 10.2 Å². The van der Waals surface area contributed by atoms with Gasteiger partial charge in [0.1, 0.15) is 5.92 Å². The first-order valence-corrected chi connectivity index (χ1v) is 6.99. The van der Waals surface area contributed by atoms with Crippen LogP contribution in [0.15, 0.2) is 24.3 Å². The normalized spacial score (nSPS) is 20.8. The number of aliphatic carboxylic acids is 1. The van der Waals surface area contributed by atoms with Gasteiger partial charge in [-0.15, -0.1) is 0 Å². The number of rotatable bonds is 5. The molecule has 0 bridgehead atoms. The summed E-state index contributed by atoms with van der Waals surface area (Å²) >= 11 is 0. The van der Waals surface area contributed by atoms with E-state index in [1.165, 1.54) is 12.8 Å². The Labute approximate surface area is 117 Å². The van der Waals surface area contributed by atoms with Crippen LogP contribution in [-0.2, 0) is 9.59 Å². The molecule has 0 radical (unpaired) electrons. The molecule has 106 valence electrons. The van der Waals surface area contributed by atoms with Crippen molar-refractivity contribution in [2.75, 3.05) is 24.5 Å². The first-order valence-electron chi connectivity index (χ1n) is 6.99. The highest BCUT2D eigenvalue weighted by Crippen LogP contribution is 2.36. The van der Waals surface area contributed by atoms with Crippen LogP contribution in [0.2, 0.25) is 0 Å². The van der Waals surface area contributed by atoms with Crippen LogP contribution in [0.1, 0.15) is 24.3 Å². The van der Waals surface area contributed by atoms with E-state index in [1.807, 2.05) is 18.2 Å². The van der Waals surface area contributed by atoms with E-state index in [1.54, 1.807) is 11.0 Å². The summed E-state index contributed by atoms with van der Waals surface area (Å²) in [6, 6.07) is 7.26. The lowest BCUT2D eigenvalue weighted by atomic mass is 10.0. The number of fused-ring (bicyclic) bond motifs is 1. The summed E-state index contributed by atoms with van der Waals surface area (Å²) in [4.78, 5) is 25.1. The number of carboxylic acid groups (broad SMARTS) is 1. The first-order chi connectivity index (χ1) is 9.66. The average molecular weight is 274 g/mol. The molecule has 2 aliphatic rings. The average Bonchev–Trinajstić information content (AvgIpc) is 3.17. The fraction of sp³-hybridized carbons (Fsp3) is 0.467. The van der Waals surface area contributed by atoms with Gasteiger partial charge < -0.3 is 15.3 Å². The van der Waals surface area contributed by atoms with Crippen LogP contribution >= 0.6 is 0 Å². The molecule has 1 aromatic rings. The van der Waals surface area contributed by atoms with Crippen LogP contribution in [0, 0.1) is 5.92 Å². The third-order valence-corrected chi connectivity index (χ3v) is 3.97. The molecule has 0 aromatic heterocycles. The SMILES string of the molecule is O=C(O)C1CN(C(=O)CNCC2CC2)c2ccccc21. The fourth-order valence-corrected chi connectivity index (χ4v) is 2.66. The van der Waals surface area contributed by atoms with Crippen LogP contribution in [0.3, 0.4) is 0 Å². The zero-order chi connectivity index (χ0) is 14.1. The van der Waals surface area contributed by atoms with Crippen molar-refractivity contribution in [1.29, 1.82) is 0 Å². The van der Waals surface area contributed by atoms with Gasteiger partial charge in [0.2, 0.25) is 5.91 Å². The number of anilines is 1. The second-order valence-corrected chi connectivity index (χ2v) is 5.53. The Morgan fingerprint density at radius 3 is 2.75 bits per heavy atom. The van der Waals surface area contributed by atoms with Crippen molar-refractivity contribution in [3.05, 3.63) is 29.8 Å². The van der Waals surface area contributed by atoms with E-state index in [4.69, 9.17) is 0 Å². The van der Waals surface area contributed by atoms with Crippen molar-refractivity contribution in [1.82, 2.24) is 5.32 Å². The van der Waals surface area contributed by atoms with Crippen LogP contribution in [-0.4, -0.2) is 36.6 Å². The number of hydrogen-bond donors (Lipinski definition) is 2. The lowest BCUT2D eigenvalue weighted by Gasteiger charge is -2.17. The predicted molar refractivity (Wildman–Crippen MR) is 74.8 cm³/mol. The maximum atomic E-state index is 12.2. The highest BCUT2D eigenvalue weighted by atomic mass is 16.4. The summed E-state index contributed by atoms with van der Waals surface area (Å²) < 4.78 is 0. The molecule has 5 nitrogen and oxygen atoms in total. The fourth-order valence-electron chi connectivity index (χ4n) is 2.66. The van der Waals surface area contributed by atoms with Gasteiger partial charge in [-0.1, -0.05) is 18.2 Å². The summed E-state index contributed by atoms with van der Waals surface area (Å²) in [6.07, 6.45) is 2.49. The Morgan fingerprint density at radius 1 is 1.30 bits per heavy atom. The first kappa shape index (κ1) is 13.1. The number of para-hydroxylation sites is 1. The molecule has 1 fully saturated rings. The Morgan fingerprint density at radius 2 is 2.05 bits per heavy atom. The number of carbonyl (C=O) groups excluding carboxylic acids is 1. The minimum atomic E-state index is -0.876. The number of benzene rings is 1. The monoisotopic (exact) mass is 274 g/mol. The Bertz CT molecular complexity index is 540. The molecule has 1 saturated carbocycles. The van der Waals surface area contributed by atoms with Gasteiger partial charge in [0.15, 0.2) is 0 Å². The highest BCUT2D eigenvalue weighted by Gasteiger charge is 2.36. The number of carboxylic acids is 1. The molecule has 0 spiro atoms. The van der Waals surface area contributed by atoms with Gasteiger partial charge >= 0.3 is 5.97 Å². The van der Waals surface area contributed by atoms with Gasteiger partial charge in [-0.3, -0.25) is 9.59 Å². The summed E-state index contributed by atoms with van der Waals surface area (Å²) in [6.45, 7) is 1.39. The topological polar surface area (TPSA) is 69.6 Å². The molecule has 2 N–H and O–H groups in total. The van der Waals surface area contributed by atoms with Crippen molar-refractivity contribution < 1.29 is 14.7 Å². The Hall–Kier alpha value is -1.88. The minimum absolute atomic E-state index is 0.0538. The van der Waals surface area contributed by atoms with E-state index in [9.17, 15) is 14.7 Å². The van der Waals surface area contributed by atoms with E-state index in [-0.39, 0.29) is 19.0 Å². The van der Waals surface area contributed by atoms with Crippen LogP contribution in [0.5, 0.6) is 0 Å². The summed E-state index contributed by atoms with van der Waals surface area (Å²) in [5.74, 6) is -0.820. The molecular formula is C15H18N2O3. The maximum absolute atomic E-state index is 12.2. The summed E-state index contributed by atoms with van der Waals surface area (Å²) in [5.41, 5.74) is 1.47. The number of nitrogens with one attached hydrogen (secondary N) is 1. The van der Waals surface area contributed by atoms with Gasteiger partial charge in [0, 0.05) is 12.2 Å². The molecule has 1 atom stereocenters. The van der Waals surface area contributed by atoms with Crippen molar-refractivity contribution in [3.63, 3.8) is 0 Å². The summed E-state index contributed by atoms with van der Waals surface area (Å²) in [5, 5.41) is 12.4. The molecule has 1 aliphatic heterocycles. The van der Waals surface area contributed by atoms with Gasteiger partial charge in [-0.25, -0.2) is 0 Å². The van der Waals surface area contributed by atoms with Crippen LogP contribution in [0.4, 0.5) is 5.69 Å². The van der Waals surface area contributed by atoms with E-state index in [0.717, 1.165) is 23.7 Å². The van der Waals surface area contributed by atoms with Crippen LogP contribution in [0.25, 0.3) is 0 Å². The van der Waals surface area contributed by atoms with Gasteiger partial charge in [0.05, 0.1) is 6.54 Å². The van der Waals surface area contributed by atoms with E-state index in [0.29, 0.717) is 0 Å². The predicted octanol–water partition coefficient (Wildman–Crippen LogP) is 1.20. The van der Waals surface area contributed by atoms with Gasteiger partial charge in [-0.05, 0) is 36.9 Å². The molecule has 1 aromatic carbocycles. The molecule has 3 rings (SSSR count). The molecular weight excluding hydrogens is 256 g/mol. The Kier molecular flexibility index (Phi) is 3.44. The molecule has 1 aliphatic carbocycles. The molecule has 1 unspecified atom stereocenters. The molecule has 20 heavy (non-hydrogen) atoms. The minimum Gasteiger partial charge on any atom is -0.481 e. The lowest BCUT2D eigenvalue weighted by Crippen LogP contribution is -2.38. The molecule has 5 heteroatoms. The van der Waals surface area contributed by atoms with E-state index >= 15 is 0 Å². The third-order valence-electron chi connectivity index (χ3n) is 3.97. The zero-order valence-electron chi connectivity index (χ0n) is 11.2. The van der Waals surface area contributed by atoms with Crippen molar-refractivity contribution in [2.45, 2.75) is 18.8 Å².